The van der Waals surface area contributed by atoms with Crippen LogP contribution in [0.1, 0.15) is 91.8 Å². The quantitative estimate of drug-likeness (QED) is 0.126. The van der Waals surface area contributed by atoms with Crippen molar-refractivity contribution < 1.29 is 50.3 Å². The topological polar surface area (TPSA) is 169 Å². The number of halogens is 7. The van der Waals surface area contributed by atoms with E-state index in [4.69, 9.17) is 27.8 Å². The molecular formula is C61H55ClF6N6O5. The van der Waals surface area contributed by atoms with Crippen LogP contribution >= 0.6 is 11.6 Å². The van der Waals surface area contributed by atoms with Gasteiger partial charge in [0, 0.05) is 60.3 Å². The molecular weight excluding hydrogens is 1050 g/mol. The third-order valence-corrected chi connectivity index (χ3v) is 14.5. The van der Waals surface area contributed by atoms with Gasteiger partial charge < -0.3 is 26.8 Å². The van der Waals surface area contributed by atoms with Gasteiger partial charge in [0.25, 0.3) is 0 Å². The molecule has 2 unspecified atom stereocenters. The number of aliphatic imine (C=N–C) groups is 1. The summed E-state index contributed by atoms with van der Waals surface area (Å²) in [5, 5.41) is 6.18. The Kier molecular flexibility index (Phi) is 17.6. The van der Waals surface area contributed by atoms with Crippen molar-refractivity contribution in [1.29, 1.82) is 0 Å². The summed E-state index contributed by atoms with van der Waals surface area (Å²) in [6.45, 7) is 2.35. The second-order valence-corrected chi connectivity index (χ2v) is 19.5. The number of hydrogen-bond donors (Lipinski definition) is 4. The summed E-state index contributed by atoms with van der Waals surface area (Å²) in [4.78, 5) is 53.2. The van der Waals surface area contributed by atoms with Gasteiger partial charge in [0.05, 0.1) is 35.2 Å². The molecule has 0 bridgehead atoms. The number of amides is 5. The number of benzodiazepines with no additional fused rings is 1. The fraction of sp³-hybridized carbons (Fsp3) is 0.230. The maximum atomic E-state index is 13.6. The molecule has 0 radical (unpaired) electrons. The number of fused-ring (bicyclic) bond motifs is 4. The molecule has 0 aromatic heterocycles. The highest BCUT2D eigenvalue weighted by Gasteiger charge is 2.48. The molecule has 3 aliphatic heterocycles. The predicted octanol–water partition coefficient (Wildman–Crippen LogP) is 11.6. The summed E-state index contributed by atoms with van der Waals surface area (Å²) in [5.74, 6) is -3.21. The number of carbonyl (C=O) groups is 4. The van der Waals surface area contributed by atoms with Crippen LogP contribution in [0.25, 0.3) is 0 Å². The number of hydrogen-bond acceptors (Lipinski definition) is 6. The molecule has 3 atom stereocenters. The molecule has 79 heavy (non-hydrogen) atoms. The zero-order valence-electron chi connectivity index (χ0n) is 42.7. The van der Waals surface area contributed by atoms with Crippen LogP contribution in [-0.2, 0) is 45.2 Å². The molecule has 11 rings (SSSR count). The van der Waals surface area contributed by atoms with Crippen LogP contribution in [0.4, 0.5) is 36.8 Å². The number of alkyl halides is 6. The first-order valence-corrected chi connectivity index (χ1v) is 25.6. The Morgan fingerprint density at radius 2 is 1.32 bits per heavy atom. The minimum atomic E-state index is -5.22. The summed E-state index contributed by atoms with van der Waals surface area (Å²) in [7, 11) is 1.64. The summed E-state index contributed by atoms with van der Waals surface area (Å²) in [5.41, 5.74) is 14.9. The number of primary amides is 2. The van der Waals surface area contributed by atoms with E-state index < -0.39 is 52.7 Å². The van der Waals surface area contributed by atoms with Crippen LogP contribution in [0.3, 0.4) is 0 Å². The maximum absolute atomic E-state index is 13.6. The van der Waals surface area contributed by atoms with Gasteiger partial charge in [-0.3, -0.25) is 24.3 Å². The minimum absolute atomic E-state index is 0.0899. The van der Waals surface area contributed by atoms with E-state index in [0.29, 0.717) is 61.5 Å². The summed E-state index contributed by atoms with van der Waals surface area (Å²) >= 11 is 5.97. The summed E-state index contributed by atoms with van der Waals surface area (Å²) in [6.07, 6.45) is -7.61. The van der Waals surface area contributed by atoms with Gasteiger partial charge in [-0.2, -0.15) is 26.3 Å². The van der Waals surface area contributed by atoms with E-state index in [9.17, 15) is 45.5 Å². The number of ether oxygens (including phenoxy) is 1. The standard InChI is InChI=1S/C19H15F6NO.C16H15NO.C15H12ClNO2.C11H13N3O/c20-18(21,22)14-7-3-6-13(16(14)19(23,24)25)12-9-8-10-4-1-2-5-11(10)15(12)17(26)27;18-15-11-16(12-17-15,13-7-3-1-4-8-13)14-9-5-2-6-10-14;16-10-5-6-12-13(7-10)19-8-9-3-1-2-4-11(9)14(12)15(17)18;1-12-11(15)14-7-6-13-8-9-4-2-3-5-10(9)14/h1-7,12,15H,8-9H2,(H2,26,27);1-10H,11-12H2,(H,17,18);1-7,14H,8H2,(H2,17,18);2-5,8H,6-7H2,1H3,(H,12,15)/t12-,15?;;;/m0.../s1. The lowest BCUT2D eigenvalue weighted by Gasteiger charge is -2.34. The first-order chi connectivity index (χ1) is 37.8. The Hall–Kier alpha value is -8.44. The lowest BCUT2D eigenvalue weighted by atomic mass is 9.70. The molecule has 18 heteroatoms. The molecule has 1 saturated heterocycles. The number of urea groups is 1. The zero-order chi connectivity index (χ0) is 56.5. The van der Waals surface area contributed by atoms with E-state index in [1.54, 1.807) is 54.4 Å². The van der Waals surface area contributed by atoms with Crippen molar-refractivity contribution in [2.75, 3.05) is 31.6 Å². The SMILES string of the molecule is CNC(=O)N1CCN=Cc2ccccc21.NC(=O)C1c2ccccc2CC[C@H]1c1cccc(C(F)(F)F)c1C(F)(F)F.NC(=O)C1c2ccccc2COc2cc(Cl)ccc21.O=C1CC(c2ccccc2)(c2ccccc2)CN1. The summed E-state index contributed by atoms with van der Waals surface area (Å²) < 4.78 is 86.2. The highest BCUT2D eigenvalue weighted by atomic mass is 35.5. The molecule has 3 heterocycles. The molecule has 408 valence electrons. The predicted molar refractivity (Wildman–Crippen MR) is 291 cm³/mol. The molecule has 6 N–H and O–H groups in total. The van der Waals surface area contributed by atoms with E-state index >= 15 is 0 Å². The van der Waals surface area contributed by atoms with Gasteiger partial charge in [0.15, 0.2) is 0 Å². The van der Waals surface area contributed by atoms with Crippen molar-refractivity contribution in [2.45, 2.75) is 61.4 Å². The molecule has 5 amide bonds. The van der Waals surface area contributed by atoms with Crippen LogP contribution < -0.4 is 31.7 Å². The van der Waals surface area contributed by atoms with E-state index in [0.717, 1.165) is 45.6 Å². The van der Waals surface area contributed by atoms with Crippen LogP contribution in [0.5, 0.6) is 5.75 Å². The first-order valence-electron chi connectivity index (χ1n) is 25.2. The number of rotatable bonds is 5. The highest BCUT2D eigenvalue weighted by molar-refractivity contribution is 6.30. The van der Waals surface area contributed by atoms with E-state index in [1.165, 1.54) is 11.1 Å². The molecule has 1 aliphatic carbocycles. The first kappa shape index (κ1) is 56.8. The van der Waals surface area contributed by atoms with Gasteiger partial charge in [0.1, 0.15) is 12.4 Å². The molecule has 1 fully saturated rings. The van der Waals surface area contributed by atoms with Crippen LogP contribution in [-0.4, -0.2) is 56.6 Å². The number of aryl methyl sites for hydroxylation is 1. The van der Waals surface area contributed by atoms with Crippen molar-refractivity contribution in [3.63, 3.8) is 0 Å². The number of benzene rings is 7. The van der Waals surface area contributed by atoms with Crippen molar-refractivity contribution in [1.82, 2.24) is 10.6 Å². The number of para-hydroxylation sites is 1. The van der Waals surface area contributed by atoms with Crippen LogP contribution in [0.2, 0.25) is 5.02 Å². The van der Waals surface area contributed by atoms with E-state index in [1.807, 2.05) is 91.1 Å². The average molecular weight is 1100 g/mol. The summed E-state index contributed by atoms with van der Waals surface area (Å²) in [6, 6.07) is 50.2. The normalized spacial score (nSPS) is 17.6. The third kappa shape index (κ3) is 12.8. The molecule has 11 nitrogen and oxygen atoms in total. The van der Waals surface area contributed by atoms with Gasteiger partial charge in [-0.15, -0.1) is 0 Å². The molecule has 7 aromatic carbocycles. The smallest absolute Gasteiger partial charge is 0.417 e. The minimum Gasteiger partial charge on any atom is -0.489 e. The van der Waals surface area contributed by atoms with Crippen molar-refractivity contribution >= 4 is 47.3 Å². The van der Waals surface area contributed by atoms with Crippen molar-refractivity contribution in [3.05, 3.63) is 236 Å². The van der Waals surface area contributed by atoms with E-state index in [2.05, 4.69) is 39.9 Å². The van der Waals surface area contributed by atoms with Crippen LogP contribution in [0, 0.1) is 0 Å². The Bertz CT molecular complexity index is 3320. The van der Waals surface area contributed by atoms with Gasteiger partial charge in [-0.05, 0) is 76.1 Å². The van der Waals surface area contributed by atoms with E-state index in [-0.39, 0.29) is 29.7 Å². The van der Waals surface area contributed by atoms with Gasteiger partial charge in [-0.25, -0.2) is 4.79 Å². The highest BCUT2D eigenvalue weighted by Crippen LogP contribution is 2.50. The van der Waals surface area contributed by atoms with Crippen LogP contribution in [0.15, 0.2) is 175 Å². The monoisotopic (exact) mass is 1100 g/mol. The average Bonchev–Trinajstić information content (AvgIpc) is 3.75. The number of nitrogens with one attached hydrogen (secondary N) is 2. The number of carbonyl (C=O) groups excluding carboxylic acids is 4. The molecule has 4 aliphatic rings. The zero-order valence-corrected chi connectivity index (χ0v) is 43.4. The van der Waals surface area contributed by atoms with Crippen molar-refractivity contribution in [2.24, 2.45) is 16.5 Å². The molecule has 0 spiro atoms. The third-order valence-electron chi connectivity index (χ3n) is 14.3. The Morgan fingerprint density at radius 1 is 0.709 bits per heavy atom. The fourth-order valence-corrected chi connectivity index (χ4v) is 10.9. The lowest BCUT2D eigenvalue weighted by molar-refractivity contribution is -0.162. The molecule has 7 aromatic rings. The second kappa shape index (κ2) is 24.5. The Morgan fingerprint density at radius 3 is 1.92 bits per heavy atom. The van der Waals surface area contributed by atoms with Gasteiger partial charge in [-0.1, -0.05) is 157 Å². The second-order valence-electron chi connectivity index (χ2n) is 19.1. The number of nitrogens with two attached hydrogens (primary N) is 2. The number of nitrogens with zero attached hydrogens (tertiary/aromatic N) is 2. The maximum Gasteiger partial charge on any atom is 0.417 e. The van der Waals surface area contributed by atoms with Gasteiger partial charge >= 0.3 is 18.4 Å². The molecule has 0 saturated carbocycles. The van der Waals surface area contributed by atoms with Gasteiger partial charge in [0.2, 0.25) is 17.7 Å². The fourth-order valence-electron chi connectivity index (χ4n) is 10.7. The lowest BCUT2D eigenvalue weighted by Crippen LogP contribution is -2.39. The number of anilines is 1. The Labute approximate surface area is 457 Å². The largest absolute Gasteiger partial charge is 0.489 e. The Balaban J connectivity index is 0.000000142. The van der Waals surface area contributed by atoms with Crippen molar-refractivity contribution in [3.8, 4) is 5.75 Å².